The number of benzene rings is 1. The molecule has 0 amide bonds. The van der Waals surface area contributed by atoms with Crippen LogP contribution in [0.5, 0.6) is 0 Å². The molecule has 2 rings (SSSR count). The van der Waals surface area contributed by atoms with Gasteiger partial charge >= 0.3 is 0 Å². The zero-order valence-electron chi connectivity index (χ0n) is 11.0. The molecule has 1 aromatic carbocycles. The molecule has 6 heteroatoms. The fourth-order valence-electron chi connectivity index (χ4n) is 1.83. The molecule has 1 aliphatic carbocycles. The van der Waals surface area contributed by atoms with Crippen LogP contribution < -0.4 is 4.90 Å². The summed E-state index contributed by atoms with van der Waals surface area (Å²) >= 11 is 12.5. The first kappa shape index (κ1) is 16.4. The molecule has 0 bridgehead atoms. The topological polar surface area (TPSA) is 30.3 Å². The lowest BCUT2D eigenvalue weighted by Gasteiger charge is -2.30. The van der Waals surface area contributed by atoms with E-state index in [9.17, 15) is 0 Å². The van der Waals surface area contributed by atoms with Crippen LogP contribution in [0.15, 0.2) is 18.2 Å². The number of guanidine groups is 1. The molecule has 1 fully saturated rings. The molecule has 3 nitrogen and oxygen atoms in total. The summed E-state index contributed by atoms with van der Waals surface area (Å²) < 4.78 is 0. The minimum atomic E-state index is 0. The number of nitrogens with zero attached hydrogens (tertiary/aromatic N) is 2. The molecular formula is C13H18Cl3N3. The van der Waals surface area contributed by atoms with Crippen LogP contribution in [-0.2, 0) is 0 Å². The monoisotopic (exact) mass is 321 g/mol. The molecule has 1 aliphatic rings. The zero-order valence-corrected chi connectivity index (χ0v) is 13.3. The Hall–Kier alpha value is -0.640. The van der Waals surface area contributed by atoms with Gasteiger partial charge in [0, 0.05) is 20.6 Å². The first-order valence-corrected chi connectivity index (χ1v) is 6.73. The maximum absolute atomic E-state index is 8.19. The molecule has 0 radical (unpaired) electrons. The predicted octanol–water partition coefficient (Wildman–Crippen LogP) is 4.13. The van der Waals surface area contributed by atoms with Crippen LogP contribution in [0.1, 0.15) is 12.8 Å². The Labute approximate surface area is 130 Å². The fourth-order valence-corrected chi connectivity index (χ4v) is 2.43. The second-order valence-corrected chi connectivity index (χ2v) is 5.66. The molecule has 19 heavy (non-hydrogen) atoms. The zero-order chi connectivity index (χ0) is 13.3. The average molecular weight is 323 g/mol. The molecule has 0 unspecified atom stereocenters. The molecule has 1 aromatic rings. The molecule has 0 heterocycles. The van der Waals surface area contributed by atoms with E-state index in [-0.39, 0.29) is 12.4 Å². The molecule has 0 saturated heterocycles. The second kappa shape index (κ2) is 6.69. The van der Waals surface area contributed by atoms with Gasteiger partial charge in [0.05, 0.1) is 15.7 Å². The average Bonchev–Trinajstić information content (AvgIpc) is 3.10. The van der Waals surface area contributed by atoms with Gasteiger partial charge in [-0.3, -0.25) is 5.41 Å². The van der Waals surface area contributed by atoms with Crippen molar-refractivity contribution in [2.45, 2.75) is 12.8 Å². The van der Waals surface area contributed by atoms with Crippen molar-refractivity contribution in [2.75, 3.05) is 25.5 Å². The Morgan fingerprint density at radius 1 is 1.26 bits per heavy atom. The third-order valence-electron chi connectivity index (χ3n) is 3.02. The smallest absolute Gasteiger partial charge is 0.197 e. The number of halogens is 3. The highest BCUT2D eigenvalue weighted by atomic mass is 35.5. The highest BCUT2D eigenvalue weighted by molar-refractivity contribution is 6.39. The van der Waals surface area contributed by atoms with Crippen molar-refractivity contribution in [3.8, 4) is 0 Å². The molecule has 106 valence electrons. The molecule has 0 spiro atoms. The van der Waals surface area contributed by atoms with E-state index < -0.39 is 0 Å². The van der Waals surface area contributed by atoms with Crippen molar-refractivity contribution in [1.29, 1.82) is 5.41 Å². The van der Waals surface area contributed by atoms with Crippen LogP contribution in [-0.4, -0.2) is 31.5 Å². The maximum atomic E-state index is 8.19. The van der Waals surface area contributed by atoms with E-state index in [1.54, 1.807) is 4.90 Å². The van der Waals surface area contributed by atoms with Crippen LogP contribution in [0.25, 0.3) is 0 Å². The summed E-state index contributed by atoms with van der Waals surface area (Å²) in [6.07, 6.45) is 2.44. The van der Waals surface area contributed by atoms with Crippen molar-refractivity contribution < 1.29 is 0 Å². The summed E-state index contributed by atoms with van der Waals surface area (Å²) in [5.41, 5.74) is 0.742. The summed E-state index contributed by atoms with van der Waals surface area (Å²) in [4.78, 5) is 3.67. The van der Waals surface area contributed by atoms with E-state index in [0.717, 1.165) is 12.2 Å². The first-order valence-electron chi connectivity index (χ1n) is 5.98. The summed E-state index contributed by atoms with van der Waals surface area (Å²) in [6.45, 7) is 0.806. The van der Waals surface area contributed by atoms with Crippen molar-refractivity contribution >= 4 is 47.3 Å². The molecule has 0 aliphatic heterocycles. The minimum Gasteiger partial charge on any atom is -0.349 e. The van der Waals surface area contributed by atoms with Gasteiger partial charge < -0.3 is 9.80 Å². The van der Waals surface area contributed by atoms with Crippen molar-refractivity contribution in [2.24, 2.45) is 5.92 Å². The predicted molar refractivity (Wildman–Crippen MR) is 85.2 cm³/mol. The van der Waals surface area contributed by atoms with E-state index in [0.29, 0.717) is 21.9 Å². The van der Waals surface area contributed by atoms with Crippen LogP contribution in [0.3, 0.4) is 0 Å². The lowest BCUT2D eigenvalue weighted by Crippen LogP contribution is -2.41. The summed E-state index contributed by atoms with van der Waals surface area (Å²) in [7, 11) is 3.71. The van der Waals surface area contributed by atoms with Gasteiger partial charge in [-0.2, -0.15) is 0 Å². The number of anilines is 1. The van der Waals surface area contributed by atoms with E-state index in [1.165, 1.54) is 12.8 Å². The second-order valence-electron chi connectivity index (χ2n) is 4.84. The van der Waals surface area contributed by atoms with Gasteiger partial charge in [-0.1, -0.05) is 29.3 Å². The van der Waals surface area contributed by atoms with Gasteiger partial charge in [0.1, 0.15) is 0 Å². The third-order valence-corrected chi connectivity index (χ3v) is 3.63. The summed E-state index contributed by atoms with van der Waals surface area (Å²) in [6, 6.07) is 5.44. The molecule has 0 atom stereocenters. The highest BCUT2D eigenvalue weighted by Crippen LogP contribution is 2.37. The highest BCUT2D eigenvalue weighted by Gasteiger charge is 2.29. The number of rotatable bonds is 3. The Kier molecular flexibility index (Phi) is 5.78. The van der Waals surface area contributed by atoms with Crippen LogP contribution >= 0.6 is 35.6 Å². The van der Waals surface area contributed by atoms with Crippen molar-refractivity contribution in [3.63, 3.8) is 0 Å². The molecular weight excluding hydrogens is 305 g/mol. The van der Waals surface area contributed by atoms with E-state index in [4.69, 9.17) is 28.6 Å². The molecule has 1 N–H and O–H groups in total. The number of hydrogen-bond acceptors (Lipinski definition) is 1. The quantitative estimate of drug-likeness (QED) is 0.670. The van der Waals surface area contributed by atoms with Gasteiger partial charge in [-0.25, -0.2) is 0 Å². The van der Waals surface area contributed by atoms with E-state index >= 15 is 0 Å². The standard InChI is InChI=1S/C13H17Cl2N3.ClH/c1-17(2)13(16)18(8-9-6-7-9)12-10(14)4-3-5-11(12)15;/h3-5,9,16H,6-8H2,1-2H3;1H. The third kappa shape index (κ3) is 3.91. The van der Waals surface area contributed by atoms with Gasteiger partial charge in [-0.05, 0) is 30.9 Å². The van der Waals surface area contributed by atoms with Crippen LogP contribution in [0.2, 0.25) is 10.0 Å². The Morgan fingerprint density at radius 3 is 2.21 bits per heavy atom. The van der Waals surface area contributed by atoms with Gasteiger partial charge in [-0.15, -0.1) is 12.4 Å². The van der Waals surface area contributed by atoms with E-state index in [1.807, 2.05) is 37.2 Å². The SMILES string of the molecule is CN(C)C(=N)N(CC1CC1)c1c(Cl)cccc1Cl.Cl. The normalized spacial score (nSPS) is 13.7. The lowest BCUT2D eigenvalue weighted by molar-refractivity contribution is 0.591. The maximum Gasteiger partial charge on any atom is 0.197 e. The van der Waals surface area contributed by atoms with Gasteiger partial charge in [0.2, 0.25) is 0 Å². The van der Waals surface area contributed by atoms with Crippen LogP contribution in [0, 0.1) is 11.3 Å². The largest absolute Gasteiger partial charge is 0.349 e. The fraction of sp³-hybridized carbons (Fsp3) is 0.462. The summed E-state index contributed by atoms with van der Waals surface area (Å²) in [5.74, 6) is 1.06. The molecule has 0 aromatic heterocycles. The number of para-hydroxylation sites is 1. The number of hydrogen-bond donors (Lipinski definition) is 1. The van der Waals surface area contributed by atoms with Crippen molar-refractivity contribution in [1.82, 2.24) is 4.90 Å². The van der Waals surface area contributed by atoms with Crippen LogP contribution in [0.4, 0.5) is 5.69 Å². The van der Waals surface area contributed by atoms with Crippen molar-refractivity contribution in [3.05, 3.63) is 28.2 Å². The van der Waals surface area contributed by atoms with Gasteiger partial charge in [0.15, 0.2) is 5.96 Å². The Morgan fingerprint density at radius 2 is 1.79 bits per heavy atom. The minimum absolute atomic E-state index is 0. The van der Waals surface area contributed by atoms with Gasteiger partial charge in [0.25, 0.3) is 0 Å². The Balaban J connectivity index is 0.00000180. The summed E-state index contributed by atoms with van der Waals surface area (Å²) in [5, 5.41) is 9.37. The Bertz CT molecular complexity index is 438. The molecule has 1 saturated carbocycles. The number of nitrogens with one attached hydrogen (secondary N) is 1. The van der Waals surface area contributed by atoms with E-state index in [2.05, 4.69) is 0 Å². The lowest BCUT2D eigenvalue weighted by atomic mass is 10.2. The first-order chi connectivity index (χ1) is 8.50.